The number of hydrogen-bond acceptors (Lipinski definition) is 5. The van der Waals surface area contributed by atoms with Gasteiger partial charge in [-0.3, -0.25) is 10.3 Å². The summed E-state index contributed by atoms with van der Waals surface area (Å²) < 4.78 is 10.2. The molecule has 6 nitrogen and oxygen atoms in total. The van der Waals surface area contributed by atoms with Crippen LogP contribution in [-0.4, -0.2) is 56.4 Å². The number of rotatable bonds is 8. The van der Waals surface area contributed by atoms with Crippen molar-refractivity contribution in [3.8, 4) is 5.75 Å². The third kappa shape index (κ3) is 4.80. The van der Waals surface area contributed by atoms with Crippen molar-refractivity contribution in [1.82, 2.24) is 4.90 Å². The third-order valence-electron chi connectivity index (χ3n) is 2.91. The first kappa shape index (κ1) is 16.4. The highest BCUT2D eigenvalue weighted by atomic mass is 16.5. The van der Waals surface area contributed by atoms with Crippen LogP contribution in [0.2, 0.25) is 0 Å². The van der Waals surface area contributed by atoms with Crippen molar-refractivity contribution in [1.29, 1.82) is 5.41 Å². The number of benzene rings is 1. The summed E-state index contributed by atoms with van der Waals surface area (Å²) in [5, 5.41) is 17.2. The maximum Gasteiger partial charge on any atom is 0.123 e. The lowest BCUT2D eigenvalue weighted by Gasteiger charge is -2.21. The molecule has 1 atom stereocenters. The molecule has 0 aliphatic carbocycles. The molecule has 0 amide bonds. The fourth-order valence-electron chi connectivity index (χ4n) is 2.03. The Morgan fingerprint density at radius 2 is 2.15 bits per heavy atom. The number of nitrogens with zero attached hydrogens (tertiary/aromatic N) is 1. The largest absolute Gasteiger partial charge is 0.496 e. The van der Waals surface area contributed by atoms with Crippen LogP contribution in [0.1, 0.15) is 11.1 Å². The van der Waals surface area contributed by atoms with Crippen LogP contribution < -0.4 is 10.5 Å². The van der Waals surface area contributed by atoms with E-state index in [0.717, 1.165) is 11.3 Å². The van der Waals surface area contributed by atoms with Crippen molar-refractivity contribution >= 4 is 5.84 Å². The number of nitrogens with two attached hydrogens (primary N) is 1. The van der Waals surface area contributed by atoms with Gasteiger partial charge in [0.25, 0.3) is 0 Å². The molecule has 0 bridgehead atoms. The minimum atomic E-state index is -0.535. The molecule has 1 rings (SSSR count). The maximum absolute atomic E-state index is 9.71. The van der Waals surface area contributed by atoms with E-state index in [2.05, 4.69) is 0 Å². The van der Waals surface area contributed by atoms with Crippen LogP contribution in [0.3, 0.4) is 0 Å². The number of hydrogen-bond donors (Lipinski definition) is 3. The van der Waals surface area contributed by atoms with Crippen LogP contribution in [0.15, 0.2) is 18.2 Å². The Kier molecular flexibility index (Phi) is 6.44. The van der Waals surface area contributed by atoms with Crippen LogP contribution in [-0.2, 0) is 11.3 Å². The summed E-state index contributed by atoms with van der Waals surface area (Å²) >= 11 is 0. The standard InChI is InChI=1S/C14H23N3O3/c1-17(8-12(18)9-19-2)7-11-6-10(14(15)16)4-5-13(11)20-3/h4-6,12,18H,7-9H2,1-3H3,(H3,15,16). The fourth-order valence-corrected chi connectivity index (χ4v) is 2.03. The summed E-state index contributed by atoms with van der Waals surface area (Å²) in [6, 6.07) is 5.39. The summed E-state index contributed by atoms with van der Waals surface area (Å²) in [4.78, 5) is 1.96. The van der Waals surface area contributed by atoms with E-state index >= 15 is 0 Å². The second kappa shape index (κ2) is 7.84. The number of likely N-dealkylation sites (N-methyl/N-ethyl adjacent to an activating group) is 1. The van der Waals surface area contributed by atoms with Crippen LogP contribution in [0.25, 0.3) is 0 Å². The number of nitrogens with one attached hydrogen (secondary N) is 1. The lowest BCUT2D eigenvalue weighted by molar-refractivity contribution is 0.0417. The quantitative estimate of drug-likeness (QED) is 0.474. The van der Waals surface area contributed by atoms with E-state index in [9.17, 15) is 5.11 Å². The molecular weight excluding hydrogens is 258 g/mol. The highest BCUT2D eigenvalue weighted by molar-refractivity contribution is 5.95. The van der Waals surface area contributed by atoms with Crippen molar-refractivity contribution < 1.29 is 14.6 Å². The maximum atomic E-state index is 9.71. The van der Waals surface area contributed by atoms with E-state index in [1.54, 1.807) is 26.4 Å². The molecule has 0 saturated carbocycles. The Hall–Kier alpha value is -1.63. The summed E-state index contributed by atoms with van der Waals surface area (Å²) in [6.07, 6.45) is -0.535. The summed E-state index contributed by atoms with van der Waals surface area (Å²) in [7, 11) is 5.06. The number of methoxy groups -OCH3 is 2. The average molecular weight is 281 g/mol. The summed E-state index contributed by atoms with van der Waals surface area (Å²) in [5.74, 6) is 0.763. The van der Waals surface area contributed by atoms with Crippen molar-refractivity contribution in [2.75, 3.05) is 34.4 Å². The van der Waals surface area contributed by atoms with Gasteiger partial charge in [0, 0.05) is 31.3 Å². The topological polar surface area (TPSA) is 91.8 Å². The molecule has 4 N–H and O–H groups in total. The Morgan fingerprint density at radius 3 is 2.70 bits per heavy atom. The van der Waals surface area contributed by atoms with E-state index in [1.165, 1.54) is 0 Å². The van der Waals surface area contributed by atoms with Crippen molar-refractivity contribution in [3.63, 3.8) is 0 Å². The van der Waals surface area contributed by atoms with Crippen molar-refractivity contribution in [3.05, 3.63) is 29.3 Å². The minimum absolute atomic E-state index is 0.0240. The summed E-state index contributed by atoms with van der Waals surface area (Å²) in [5.41, 5.74) is 7.08. The number of aliphatic hydroxyl groups is 1. The van der Waals surface area contributed by atoms with Gasteiger partial charge in [0.05, 0.1) is 19.8 Å². The molecule has 0 saturated heterocycles. The van der Waals surface area contributed by atoms with Gasteiger partial charge in [0.15, 0.2) is 0 Å². The zero-order chi connectivity index (χ0) is 15.1. The van der Waals surface area contributed by atoms with Crippen LogP contribution >= 0.6 is 0 Å². The summed E-state index contributed by atoms with van der Waals surface area (Å²) in [6.45, 7) is 1.38. The SMILES string of the molecule is COCC(O)CN(C)Cc1cc(C(=N)N)ccc1OC. The molecule has 0 heterocycles. The molecular formula is C14H23N3O3. The molecule has 6 heteroatoms. The molecule has 112 valence electrons. The molecule has 20 heavy (non-hydrogen) atoms. The van der Waals surface area contributed by atoms with Crippen molar-refractivity contribution in [2.45, 2.75) is 12.6 Å². The van der Waals surface area contributed by atoms with Crippen molar-refractivity contribution in [2.24, 2.45) is 5.73 Å². The van der Waals surface area contributed by atoms with Gasteiger partial charge in [0.2, 0.25) is 0 Å². The number of ether oxygens (including phenoxy) is 2. The van der Waals surface area contributed by atoms with E-state index in [0.29, 0.717) is 25.3 Å². The molecule has 0 fully saturated rings. The smallest absolute Gasteiger partial charge is 0.123 e. The second-order valence-corrected chi connectivity index (χ2v) is 4.75. The second-order valence-electron chi connectivity index (χ2n) is 4.75. The number of nitrogen functional groups attached to an aromatic ring is 1. The van der Waals surface area contributed by atoms with Gasteiger partial charge in [-0.2, -0.15) is 0 Å². The zero-order valence-corrected chi connectivity index (χ0v) is 12.2. The number of aliphatic hydroxyl groups excluding tert-OH is 1. The molecule has 1 aromatic rings. The minimum Gasteiger partial charge on any atom is -0.496 e. The fraction of sp³-hybridized carbons (Fsp3) is 0.500. The number of amidine groups is 1. The first-order valence-corrected chi connectivity index (χ1v) is 6.34. The highest BCUT2D eigenvalue weighted by Crippen LogP contribution is 2.21. The Labute approximate surface area is 119 Å². The monoisotopic (exact) mass is 281 g/mol. The first-order chi connectivity index (χ1) is 9.47. The third-order valence-corrected chi connectivity index (χ3v) is 2.91. The predicted octanol–water partition coefficient (Wildman–Crippen LogP) is 0.418. The van der Waals surface area contributed by atoms with Gasteiger partial charge >= 0.3 is 0 Å². The molecule has 0 aliphatic heterocycles. The van der Waals surface area contributed by atoms with E-state index in [-0.39, 0.29) is 5.84 Å². The predicted molar refractivity (Wildman–Crippen MR) is 78.2 cm³/mol. The Morgan fingerprint density at radius 1 is 1.45 bits per heavy atom. The zero-order valence-electron chi connectivity index (χ0n) is 12.2. The first-order valence-electron chi connectivity index (χ1n) is 6.34. The van der Waals surface area contributed by atoms with Gasteiger partial charge in [-0.1, -0.05) is 0 Å². The lowest BCUT2D eigenvalue weighted by Crippen LogP contribution is -2.31. The molecule has 0 aromatic heterocycles. The normalized spacial score (nSPS) is 12.4. The van der Waals surface area contributed by atoms with Gasteiger partial charge < -0.3 is 20.3 Å². The average Bonchev–Trinajstić information content (AvgIpc) is 2.38. The molecule has 0 radical (unpaired) electrons. The van der Waals surface area contributed by atoms with Crippen LogP contribution in [0, 0.1) is 5.41 Å². The van der Waals surface area contributed by atoms with E-state index in [4.69, 9.17) is 20.6 Å². The molecule has 0 spiro atoms. The van der Waals surface area contributed by atoms with Gasteiger partial charge in [0.1, 0.15) is 11.6 Å². The molecule has 0 aliphatic rings. The van der Waals surface area contributed by atoms with Gasteiger partial charge in [-0.25, -0.2) is 0 Å². The van der Waals surface area contributed by atoms with Gasteiger partial charge in [-0.05, 0) is 25.2 Å². The Bertz CT molecular complexity index is 451. The molecule has 1 unspecified atom stereocenters. The van der Waals surface area contributed by atoms with E-state index in [1.807, 2.05) is 18.0 Å². The van der Waals surface area contributed by atoms with Crippen LogP contribution in [0.4, 0.5) is 0 Å². The van der Waals surface area contributed by atoms with Crippen LogP contribution in [0.5, 0.6) is 5.75 Å². The highest BCUT2D eigenvalue weighted by Gasteiger charge is 2.12. The molecule has 1 aromatic carbocycles. The lowest BCUT2D eigenvalue weighted by atomic mass is 10.1. The Balaban J connectivity index is 2.78. The van der Waals surface area contributed by atoms with E-state index < -0.39 is 6.10 Å². The van der Waals surface area contributed by atoms with Gasteiger partial charge in [-0.15, -0.1) is 0 Å².